The number of likely N-dealkylation sites (tertiary alicyclic amines) is 1. The predicted octanol–water partition coefficient (Wildman–Crippen LogP) is 4.48. The van der Waals surface area contributed by atoms with Crippen molar-refractivity contribution < 1.29 is 14.3 Å². The van der Waals surface area contributed by atoms with E-state index in [1.807, 2.05) is 4.90 Å². The molecule has 0 unspecified atom stereocenters. The van der Waals surface area contributed by atoms with Gasteiger partial charge in [0.2, 0.25) is 11.8 Å². The Morgan fingerprint density at radius 2 is 1.89 bits per heavy atom. The van der Waals surface area contributed by atoms with E-state index >= 15 is 0 Å². The lowest BCUT2D eigenvalue weighted by Gasteiger charge is -2.52. The summed E-state index contributed by atoms with van der Waals surface area (Å²) in [6.45, 7) is 6.20. The highest BCUT2D eigenvalue weighted by Crippen LogP contribution is 2.36. The summed E-state index contributed by atoms with van der Waals surface area (Å²) in [5, 5.41) is 3.21. The van der Waals surface area contributed by atoms with E-state index in [1.54, 1.807) is 0 Å². The molecular weight excluding hydrogens is 462 g/mol. The average Bonchev–Trinajstić information content (AvgIpc) is 3.32. The second kappa shape index (κ2) is 11.5. The summed E-state index contributed by atoms with van der Waals surface area (Å²) < 4.78 is 5.65. The molecule has 0 radical (unpaired) electrons. The third-order valence-electron chi connectivity index (χ3n) is 8.68. The van der Waals surface area contributed by atoms with Crippen LogP contribution < -0.4 is 10.1 Å². The minimum absolute atomic E-state index is 0. The molecule has 2 saturated heterocycles. The minimum Gasteiger partial charge on any atom is -0.493 e. The largest absolute Gasteiger partial charge is 0.493 e. The van der Waals surface area contributed by atoms with E-state index in [2.05, 4.69) is 35.3 Å². The number of halogens is 1. The molecule has 5 rings (SSSR count). The zero-order chi connectivity index (χ0) is 23.5. The number of amides is 2. The molecule has 3 aliphatic heterocycles. The number of unbranched alkanes of at least 4 members (excludes halogenated alkanes) is 1. The molecule has 35 heavy (non-hydrogen) atoms. The van der Waals surface area contributed by atoms with Crippen LogP contribution in [0.4, 0.5) is 0 Å². The Balaban J connectivity index is 0.00000289. The quantitative estimate of drug-likeness (QED) is 0.596. The molecule has 3 fully saturated rings. The van der Waals surface area contributed by atoms with Crippen molar-refractivity contribution in [1.29, 1.82) is 0 Å². The average molecular weight is 504 g/mol. The van der Waals surface area contributed by atoms with E-state index in [-0.39, 0.29) is 30.3 Å². The zero-order valence-corrected chi connectivity index (χ0v) is 22.0. The molecule has 7 heteroatoms. The number of ether oxygens (including phenoxy) is 1. The SMILES string of the molecule is CCCCN1C(=O)[C@H](CC2CCCCC2)NC(=O)C12CCN(Cc1ccc3c(c1)CCO3)CC2.Cl. The van der Waals surface area contributed by atoms with Crippen LogP contribution >= 0.6 is 12.4 Å². The van der Waals surface area contributed by atoms with Crippen molar-refractivity contribution in [2.45, 2.75) is 95.7 Å². The van der Waals surface area contributed by atoms with Gasteiger partial charge in [-0.2, -0.15) is 0 Å². The summed E-state index contributed by atoms with van der Waals surface area (Å²) in [6.07, 6.45) is 11.5. The molecule has 194 valence electrons. The molecule has 1 aromatic carbocycles. The second-order valence-corrected chi connectivity index (χ2v) is 11.0. The third kappa shape index (κ3) is 5.48. The van der Waals surface area contributed by atoms with Crippen LogP contribution in [0, 0.1) is 5.92 Å². The summed E-state index contributed by atoms with van der Waals surface area (Å²) in [7, 11) is 0. The van der Waals surface area contributed by atoms with Gasteiger partial charge in [0.15, 0.2) is 0 Å². The van der Waals surface area contributed by atoms with Crippen LogP contribution in [0.25, 0.3) is 0 Å². The summed E-state index contributed by atoms with van der Waals surface area (Å²) in [4.78, 5) is 31.7. The van der Waals surface area contributed by atoms with Crippen LogP contribution in [0.15, 0.2) is 18.2 Å². The summed E-state index contributed by atoms with van der Waals surface area (Å²) in [5.74, 6) is 1.86. The molecule has 2 amide bonds. The van der Waals surface area contributed by atoms with Gasteiger partial charge in [-0.05, 0) is 48.8 Å². The molecule has 1 spiro atoms. The zero-order valence-electron chi connectivity index (χ0n) is 21.2. The third-order valence-corrected chi connectivity index (χ3v) is 8.68. The van der Waals surface area contributed by atoms with Crippen molar-refractivity contribution in [3.63, 3.8) is 0 Å². The van der Waals surface area contributed by atoms with Crippen LogP contribution in [0.1, 0.15) is 82.3 Å². The fourth-order valence-electron chi connectivity index (χ4n) is 6.61. The van der Waals surface area contributed by atoms with Crippen LogP contribution in [0.2, 0.25) is 0 Å². The molecule has 0 bridgehead atoms. The number of carbonyl (C=O) groups excluding carboxylic acids is 2. The topological polar surface area (TPSA) is 61.9 Å². The van der Waals surface area contributed by atoms with Gasteiger partial charge in [-0.3, -0.25) is 14.5 Å². The number of nitrogens with one attached hydrogen (secondary N) is 1. The van der Waals surface area contributed by atoms with Crippen LogP contribution in [0.5, 0.6) is 5.75 Å². The van der Waals surface area contributed by atoms with E-state index in [0.717, 1.165) is 70.5 Å². The lowest BCUT2D eigenvalue weighted by molar-refractivity contribution is -0.162. The van der Waals surface area contributed by atoms with Gasteiger partial charge < -0.3 is 15.0 Å². The molecule has 4 aliphatic rings. The van der Waals surface area contributed by atoms with Gasteiger partial charge in [-0.25, -0.2) is 0 Å². The van der Waals surface area contributed by atoms with Gasteiger partial charge in [0.05, 0.1) is 6.61 Å². The molecule has 1 saturated carbocycles. The van der Waals surface area contributed by atoms with Gasteiger partial charge in [-0.15, -0.1) is 12.4 Å². The Morgan fingerprint density at radius 1 is 1.11 bits per heavy atom. The standard InChI is InChI=1S/C28H41N3O3.ClH/c1-2-3-14-31-26(32)24(19-21-7-5-4-6-8-21)29-27(33)28(31)12-15-30(16-13-28)20-22-9-10-25-23(18-22)11-17-34-25;/h9-10,18,21,24H,2-8,11-17,19-20H2,1H3,(H,29,33);1H/t24-;/m0./s1. The normalized spacial score (nSPS) is 24.6. The monoisotopic (exact) mass is 503 g/mol. The highest BCUT2D eigenvalue weighted by atomic mass is 35.5. The van der Waals surface area contributed by atoms with Crippen molar-refractivity contribution >= 4 is 24.2 Å². The Kier molecular flexibility index (Phi) is 8.64. The number of piperidine rings is 1. The van der Waals surface area contributed by atoms with Gasteiger partial charge in [0.25, 0.3) is 0 Å². The summed E-state index contributed by atoms with van der Waals surface area (Å²) in [5.41, 5.74) is 1.94. The maximum absolute atomic E-state index is 13.7. The number of hydrogen-bond acceptors (Lipinski definition) is 4. The second-order valence-electron chi connectivity index (χ2n) is 11.0. The van der Waals surface area contributed by atoms with Crippen molar-refractivity contribution in [2.75, 3.05) is 26.2 Å². The van der Waals surface area contributed by atoms with Crippen molar-refractivity contribution in [3.8, 4) is 5.75 Å². The van der Waals surface area contributed by atoms with E-state index in [0.29, 0.717) is 12.5 Å². The maximum Gasteiger partial charge on any atom is 0.246 e. The summed E-state index contributed by atoms with van der Waals surface area (Å²) in [6, 6.07) is 6.20. The molecule has 6 nitrogen and oxygen atoms in total. The maximum atomic E-state index is 13.7. The van der Waals surface area contributed by atoms with Crippen LogP contribution in [0.3, 0.4) is 0 Å². The first kappa shape index (κ1) is 26.3. The first-order chi connectivity index (χ1) is 16.6. The number of carbonyl (C=O) groups is 2. The highest BCUT2D eigenvalue weighted by molar-refractivity contribution is 6.00. The fourth-order valence-corrected chi connectivity index (χ4v) is 6.61. The Morgan fingerprint density at radius 3 is 2.63 bits per heavy atom. The molecule has 0 aromatic heterocycles. The first-order valence-electron chi connectivity index (χ1n) is 13.7. The number of nitrogens with zero attached hydrogens (tertiary/aromatic N) is 2. The molecule has 1 aliphatic carbocycles. The van der Waals surface area contributed by atoms with E-state index < -0.39 is 5.54 Å². The van der Waals surface area contributed by atoms with Crippen LogP contribution in [-0.2, 0) is 22.6 Å². The highest BCUT2D eigenvalue weighted by Gasteiger charge is 2.53. The van der Waals surface area contributed by atoms with E-state index in [9.17, 15) is 9.59 Å². The van der Waals surface area contributed by atoms with Crippen molar-refractivity contribution in [3.05, 3.63) is 29.3 Å². The van der Waals surface area contributed by atoms with E-state index in [4.69, 9.17) is 4.74 Å². The van der Waals surface area contributed by atoms with Crippen molar-refractivity contribution in [2.24, 2.45) is 5.92 Å². The van der Waals surface area contributed by atoms with Gasteiger partial charge in [0, 0.05) is 32.6 Å². The number of rotatable bonds is 7. The number of benzene rings is 1. The lowest BCUT2D eigenvalue weighted by atomic mass is 9.79. The van der Waals surface area contributed by atoms with Crippen molar-refractivity contribution in [1.82, 2.24) is 15.1 Å². The summed E-state index contributed by atoms with van der Waals surface area (Å²) >= 11 is 0. The molecular formula is C28H42ClN3O3. The Hall–Kier alpha value is -1.79. The van der Waals surface area contributed by atoms with Gasteiger partial charge in [-0.1, -0.05) is 57.6 Å². The first-order valence-corrected chi connectivity index (χ1v) is 13.7. The van der Waals surface area contributed by atoms with E-state index in [1.165, 1.54) is 43.2 Å². The molecule has 3 heterocycles. The van der Waals surface area contributed by atoms with Gasteiger partial charge >= 0.3 is 0 Å². The Labute approximate surface area is 216 Å². The number of piperazine rings is 1. The fraction of sp³-hybridized carbons (Fsp3) is 0.714. The van der Waals surface area contributed by atoms with Gasteiger partial charge in [0.1, 0.15) is 17.3 Å². The smallest absolute Gasteiger partial charge is 0.246 e. The molecule has 1 aromatic rings. The molecule has 1 atom stereocenters. The lowest BCUT2D eigenvalue weighted by Crippen LogP contribution is -2.73. The van der Waals surface area contributed by atoms with Crippen LogP contribution in [-0.4, -0.2) is 59.4 Å². The number of hydrogen-bond donors (Lipinski definition) is 1. The number of fused-ring (bicyclic) bond motifs is 1. The Bertz CT molecular complexity index is 893. The minimum atomic E-state index is -0.669. The molecule has 1 N–H and O–H groups in total. The predicted molar refractivity (Wildman–Crippen MR) is 140 cm³/mol.